The van der Waals surface area contributed by atoms with E-state index in [-0.39, 0.29) is 6.42 Å². The van der Waals surface area contributed by atoms with Crippen molar-refractivity contribution in [3.05, 3.63) is 0 Å². The average molecular weight is 367 g/mol. The first kappa shape index (κ1) is 20.4. The van der Waals surface area contributed by atoms with Crippen LogP contribution in [0.15, 0.2) is 0 Å². The minimum atomic E-state index is -2.13. The van der Waals surface area contributed by atoms with Crippen molar-refractivity contribution in [1.29, 1.82) is 0 Å². The highest BCUT2D eigenvalue weighted by molar-refractivity contribution is 5.73. The first-order chi connectivity index (χ1) is 11.7. The molecule has 2 fully saturated rings. The molecule has 1 amide bonds. The first-order valence-corrected chi connectivity index (χ1v) is 7.91. The van der Waals surface area contributed by atoms with E-state index < -0.39 is 74.4 Å². The van der Waals surface area contributed by atoms with Crippen molar-refractivity contribution < 1.29 is 49.6 Å². The van der Waals surface area contributed by atoms with Gasteiger partial charge in [-0.1, -0.05) is 0 Å². The number of hydrogen-bond acceptors (Lipinski definition) is 10. The van der Waals surface area contributed by atoms with E-state index in [1.165, 1.54) is 0 Å². The van der Waals surface area contributed by atoms with E-state index in [9.17, 15) is 35.4 Å². The Balaban J connectivity index is 2.12. The van der Waals surface area contributed by atoms with E-state index in [4.69, 9.17) is 14.2 Å². The predicted molar refractivity (Wildman–Crippen MR) is 78.8 cm³/mol. The molecule has 2 aliphatic rings. The molecule has 0 bridgehead atoms. The van der Waals surface area contributed by atoms with Crippen LogP contribution < -0.4 is 5.32 Å². The third-order valence-electron chi connectivity index (χ3n) is 4.28. The quantitative estimate of drug-likeness (QED) is 0.235. The maximum Gasteiger partial charge on any atom is 0.219 e. The summed E-state index contributed by atoms with van der Waals surface area (Å²) in [6, 6.07) is 0. The van der Waals surface area contributed by atoms with Gasteiger partial charge in [0.05, 0.1) is 25.9 Å². The van der Waals surface area contributed by atoms with E-state index >= 15 is 0 Å². The molecule has 0 aliphatic carbocycles. The van der Waals surface area contributed by atoms with Gasteiger partial charge in [0, 0.05) is 13.3 Å². The molecule has 8 atom stereocenters. The van der Waals surface area contributed by atoms with Crippen molar-refractivity contribution in [2.75, 3.05) is 19.8 Å². The van der Waals surface area contributed by atoms with Crippen LogP contribution in [0.1, 0.15) is 13.3 Å². The number of nitrogens with one attached hydrogen (secondary N) is 1. The number of rotatable bonds is 5. The fraction of sp³-hybridized carbons (Fsp3) is 0.929. The zero-order valence-electron chi connectivity index (χ0n) is 13.7. The van der Waals surface area contributed by atoms with E-state index in [0.29, 0.717) is 0 Å². The lowest BCUT2D eigenvalue weighted by Crippen LogP contribution is -2.70. The zero-order chi connectivity index (χ0) is 18.8. The zero-order valence-corrected chi connectivity index (χ0v) is 13.7. The van der Waals surface area contributed by atoms with Gasteiger partial charge in [0.2, 0.25) is 5.91 Å². The standard InChI is InChI=1S/C14H25NO10/c1-6(18)15-14(22)5-23-9(4-17)12(13(14)21)25-10-2-7(19)11(20)8(3-16)24-10/h7-13,16-17,19-22H,2-5H2,1H3,(H,15,18)/t7-,8-,9-,10?,11-,12-,13+,14+/m1/s1. The minimum absolute atomic E-state index is 0.169. The number of carbonyl (C=O) groups excluding carboxylic acids is 1. The fourth-order valence-electron chi connectivity index (χ4n) is 2.95. The summed E-state index contributed by atoms with van der Waals surface area (Å²) in [7, 11) is 0. The van der Waals surface area contributed by atoms with Gasteiger partial charge in [0.1, 0.15) is 30.5 Å². The molecular weight excluding hydrogens is 342 g/mol. The summed E-state index contributed by atoms with van der Waals surface area (Å²) in [6.07, 6.45) is -8.95. The van der Waals surface area contributed by atoms with Gasteiger partial charge in [-0.25, -0.2) is 0 Å². The Morgan fingerprint density at radius 1 is 1.24 bits per heavy atom. The first-order valence-electron chi connectivity index (χ1n) is 7.91. The second-order valence-corrected chi connectivity index (χ2v) is 6.26. The van der Waals surface area contributed by atoms with Gasteiger partial charge < -0.3 is 50.2 Å². The van der Waals surface area contributed by atoms with Crippen LogP contribution in [0.2, 0.25) is 0 Å². The molecule has 25 heavy (non-hydrogen) atoms. The summed E-state index contributed by atoms with van der Waals surface area (Å²) >= 11 is 0. The molecule has 0 aromatic rings. The minimum Gasteiger partial charge on any atom is -0.394 e. The third kappa shape index (κ3) is 4.45. The molecule has 2 saturated heterocycles. The van der Waals surface area contributed by atoms with Crippen molar-refractivity contribution >= 4 is 5.91 Å². The lowest BCUT2D eigenvalue weighted by Gasteiger charge is -2.46. The Hall–Kier alpha value is -0.890. The molecule has 11 nitrogen and oxygen atoms in total. The lowest BCUT2D eigenvalue weighted by atomic mass is 9.94. The molecule has 0 radical (unpaired) electrons. The Morgan fingerprint density at radius 2 is 1.88 bits per heavy atom. The molecule has 0 aromatic carbocycles. The summed E-state index contributed by atoms with van der Waals surface area (Å²) < 4.78 is 16.1. The number of ether oxygens (including phenoxy) is 3. The van der Waals surface area contributed by atoms with Crippen molar-refractivity contribution in [1.82, 2.24) is 5.32 Å². The van der Waals surface area contributed by atoms with Crippen LogP contribution in [0.3, 0.4) is 0 Å². The van der Waals surface area contributed by atoms with E-state index in [1.807, 2.05) is 0 Å². The summed E-state index contributed by atoms with van der Waals surface area (Å²) in [5.41, 5.74) is -2.13. The Labute approximate surface area is 143 Å². The normalized spacial score (nSPS) is 45.2. The molecule has 11 heteroatoms. The van der Waals surface area contributed by atoms with Gasteiger partial charge >= 0.3 is 0 Å². The number of hydrogen-bond donors (Lipinski definition) is 7. The van der Waals surface area contributed by atoms with Gasteiger partial charge in [-0.05, 0) is 0 Å². The highest BCUT2D eigenvalue weighted by atomic mass is 16.7. The largest absolute Gasteiger partial charge is 0.394 e. The highest BCUT2D eigenvalue weighted by Gasteiger charge is 2.51. The second-order valence-electron chi connectivity index (χ2n) is 6.26. The van der Waals surface area contributed by atoms with Crippen LogP contribution in [0, 0.1) is 0 Å². The van der Waals surface area contributed by atoms with Crippen LogP contribution in [-0.4, -0.2) is 105 Å². The van der Waals surface area contributed by atoms with Gasteiger partial charge in [-0.15, -0.1) is 0 Å². The van der Waals surface area contributed by atoms with Crippen LogP contribution in [-0.2, 0) is 19.0 Å². The molecule has 7 N–H and O–H groups in total. The van der Waals surface area contributed by atoms with Gasteiger partial charge in [-0.3, -0.25) is 4.79 Å². The summed E-state index contributed by atoms with van der Waals surface area (Å²) in [6.45, 7) is -0.433. The van der Waals surface area contributed by atoms with Crippen LogP contribution in [0.25, 0.3) is 0 Å². The average Bonchev–Trinajstić information content (AvgIpc) is 2.54. The number of carbonyl (C=O) groups is 1. The van der Waals surface area contributed by atoms with Gasteiger partial charge in [0.25, 0.3) is 0 Å². The van der Waals surface area contributed by atoms with E-state index in [0.717, 1.165) is 6.92 Å². The molecule has 1 unspecified atom stereocenters. The van der Waals surface area contributed by atoms with E-state index in [2.05, 4.69) is 5.32 Å². The molecule has 0 spiro atoms. The second kappa shape index (κ2) is 8.20. The van der Waals surface area contributed by atoms with Crippen LogP contribution in [0.5, 0.6) is 0 Å². The third-order valence-corrected chi connectivity index (χ3v) is 4.28. The molecule has 0 aromatic heterocycles. The maximum atomic E-state index is 11.2. The number of aliphatic hydroxyl groups is 6. The van der Waals surface area contributed by atoms with Gasteiger partial charge in [0.15, 0.2) is 12.0 Å². The molecule has 0 saturated carbocycles. The highest BCUT2D eigenvalue weighted by Crippen LogP contribution is 2.29. The molecule has 146 valence electrons. The molecule has 2 heterocycles. The predicted octanol–water partition coefficient (Wildman–Crippen LogP) is -4.22. The van der Waals surface area contributed by atoms with E-state index in [1.54, 1.807) is 0 Å². The SMILES string of the molecule is CC(=O)N[C@]1(O)CO[C@H](CO)[C@@H](OC2C[C@@H](O)[C@@H](O)[C@@H](CO)O2)[C@@H]1O. The van der Waals surface area contributed by atoms with Crippen molar-refractivity contribution in [2.45, 2.75) is 62.0 Å². The summed E-state index contributed by atoms with van der Waals surface area (Å²) in [4.78, 5) is 11.2. The molecular formula is C14H25NO10. The van der Waals surface area contributed by atoms with Crippen molar-refractivity contribution in [3.63, 3.8) is 0 Å². The Morgan fingerprint density at radius 3 is 2.44 bits per heavy atom. The van der Waals surface area contributed by atoms with Crippen LogP contribution in [0.4, 0.5) is 0 Å². The summed E-state index contributed by atoms with van der Waals surface area (Å²) in [5, 5.41) is 61.1. The van der Waals surface area contributed by atoms with Crippen molar-refractivity contribution in [2.24, 2.45) is 0 Å². The molecule has 2 rings (SSSR count). The monoisotopic (exact) mass is 367 g/mol. The number of aliphatic hydroxyl groups excluding tert-OH is 5. The fourth-order valence-corrected chi connectivity index (χ4v) is 2.95. The maximum absolute atomic E-state index is 11.2. The summed E-state index contributed by atoms with van der Waals surface area (Å²) in [5.74, 6) is -0.612. The Kier molecular flexibility index (Phi) is 6.70. The van der Waals surface area contributed by atoms with Crippen molar-refractivity contribution in [3.8, 4) is 0 Å². The topological polar surface area (TPSA) is 178 Å². The lowest BCUT2D eigenvalue weighted by molar-refractivity contribution is -0.321. The number of amides is 1. The van der Waals surface area contributed by atoms with Gasteiger partial charge in [-0.2, -0.15) is 0 Å². The molecule has 2 aliphatic heterocycles. The van der Waals surface area contributed by atoms with Crippen LogP contribution >= 0.6 is 0 Å². The smallest absolute Gasteiger partial charge is 0.219 e. The Bertz CT molecular complexity index is 465.